The van der Waals surface area contributed by atoms with Gasteiger partial charge in [0.25, 0.3) is 11.8 Å². The maximum absolute atomic E-state index is 11.5. The number of anilines is 1. The van der Waals surface area contributed by atoms with Gasteiger partial charge in [-0.05, 0) is 11.6 Å². The molecule has 3 rings (SSSR count). The number of fused-ring (bicyclic) bond motifs is 1. The fraction of sp³-hybridized carbons (Fsp3) is 0.167. The average Bonchev–Trinajstić information content (AvgIpc) is 2.86. The Morgan fingerprint density at radius 3 is 2.62 bits per heavy atom. The van der Waals surface area contributed by atoms with E-state index in [4.69, 9.17) is 4.74 Å². The number of benzene rings is 1. The van der Waals surface area contributed by atoms with Gasteiger partial charge in [-0.1, -0.05) is 12.1 Å². The van der Waals surface area contributed by atoms with Gasteiger partial charge in [0.2, 0.25) is 0 Å². The Morgan fingerprint density at radius 1 is 1.12 bits per heavy atom. The number of hydrogen-bond donors (Lipinski definition) is 0. The summed E-state index contributed by atoms with van der Waals surface area (Å²) in [6, 6.07) is 5.51. The largest absolute Gasteiger partial charge is 0.491 e. The quantitative estimate of drug-likeness (QED) is 0.658. The highest BCUT2D eigenvalue weighted by atomic mass is 16.5. The molecule has 0 fully saturated rings. The van der Waals surface area contributed by atoms with E-state index in [0.717, 1.165) is 16.9 Å². The first-order valence-corrected chi connectivity index (χ1v) is 5.08. The second-order valence-corrected chi connectivity index (χ2v) is 3.71. The highest BCUT2D eigenvalue weighted by molar-refractivity contribution is 6.28. The molecule has 2 aliphatic rings. The van der Waals surface area contributed by atoms with Crippen LogP contribution >= 0.6 is 0 Å². The van der Waals surface area contributed by atoms with Crippen molar-refractivity contribution in [3.63, 3.8) is 0 Å². The number of nitrogens with zero attached hydrogens (tertiary/aromatic N) is 1. The van der Waals surface area contributed by atoms with E-state index < -0.39 is 0 Å². The van der Waals surface area contributed by atoms with Gasteiger partial charge in [-0.2, -0.15) is 0 Å². The molecule has 0 radical (unpaired) electrons. The number of ether oxygens (including phenoxy) is 1. The Kier molecular flexibility index (Phi) is 1.83. The molecule has 0 atom stereocenters. The Hall–Kier alpha value is -2.10. The number of rotatable bonds is 1. The van der Waals surface area contributed by atoms with E-state index in [1.165, 1.54) is 12.2 Å². The van der Waals surface area contributed by atoms with Crippen molar-refractivity contribution in [2.75, 3.05) is 11.5 Å². The second-order valence-electron chi connectivity index (χ2n) is 3.71. The number of imide groups is 1. The minimum Gasteiger partial charge on any atom is -0.491 e. The van der Waals surface area contributed by atoms with Crippen LogP contribution in [0.25, 0.3) is 0 Å². The number of amides is 2. The normalized spacial score (nSPS) is 17.9. The van der Waals surface area contributed by atoms with Crippen LogP contribution < -0.4 is 9.64 Å². The summed E-state index contributed by atoms with van der Waals surface area (Å²) in [7, 11) is 0. The monoisotopic (exact) mass is 215 g/mol. The van der Waals surface area contributed by atoms with Crippen molar-refractivity contribution in [1.82, 2.24) is 0 Å². The van der Waals surface area contributed by atoms with Gasteiger partial charge in [0.1, 0.15) is 5.75 Å². The summed E-state index contributed by atoms with van der Waals surface area (Å²) in [5.41, 5.74) is 1.60. The van der Waals surface area contributed by atoms with Gasteiger partial charge in [0, 0.05) is 18.6 Å². The van der Waals surface area contributed by atoms with Gasteiger partial charge < -0.3 is 4.74 Å². The number of hydrogen-bond acceptors (Lipinski definition) is 3. The van der Waals surface area contributed by atoms with Gasteiger partial charge in [-0.15, -0.1) is 0 Å². The highest BCUT2D eigenvalue weighted by Crippen LogP contribution is 2.37. The summed E-state index contributed by atoms with van der Waals surface area (Å²) in [4.78, 5) is 24.2. The molecule has 0 saturated carbocycles. The molecule has 80 valence electrons. The molecular weight excluding hydrogens is 206 g/mol. The van der Waals surface area contributed by atoms with Crippen molar-refractivity contribution in [2.24, 2.45) is 0 Å². The summed E-state index contributed by atoms with van der Waals surface area (Å²) in [5, 5.41) is 0. The Labute approximate surface area is 92.1 Å². The molecule has 4 heteroatoms. The van der Waals surface area contributed by atoms with E-state index in [1.54, 1.807) is 6.07 Å². The van der Waals surface area contributed by atoms with Crippen molar-refractivity contribution < 1.29 is 14.3 Å². The maximum Gasteiger partial charge on any atom is 0.258 e. The first-order valence-electron chi connectivity index (χ1n) is 5.08. The zero-order valence-electron chi connectivity index (χ0n) is 8.47. The van der Waals surface area contributed by atoms with Gasteiger partial charge in [0.15, 0.2) is 0 Å². The van der Waals surface area contributed by atoms with Crippen LogP contribution in [0.2, 0.25) is 0 Å². The second kappa shape index (κ2) is 3.20. The van der Waals surface area contributed by atoms with Crippen molar-refractivity contribution in [1.29, 1.82) is 0 Å². The molecule has 2 aliphatic heterocycles. The van der Waals surface area contributed by atoms with Gasteiger partial charge in [-0.25, -0.2) is 4.90 Å². The summed E-state index contributed by atoms with van der Waals surface area (Å²) < 4.78 is 5.46. The molecule has 1 aromatic rings. The molecule has 2 heterocycles. The Balaban J connectivity index is 2.11. The predicted molar refractivity (Wildman–Crippen MR) is 57.3 cm³/mol. The van der Waals surface area contributed by atoms with Crippen LogP contribution in [-0.4, -0.2) is 18.4 Å². The third kappa shape index (κ3) is 1.16. The first kappa shape index (κ1) is 9.15. The van der Waals surface area contributed by atoms with Crippen LogP contribution in [0.1, 0.15) is 5.56 Å². The van der Waals surface area contributed by atoms with Crippen molar-refractivity contribution in [3.8, 4) is 5.75 Å². The third-order valence-corrected chi connectivity index (χ3v) is 2.74. The summed E-state index contributed by atoms with van der Waals surface area (Å²) in [6.07, 6.45) is 3.38. The van der Waals surface area contributed by atoms with E-state index in [0.29, 0.717) is 18.0 Å². The lowest BCUT2D eigenvalue weighted by Gasteiger charge is -2.16. The van der Waals surface area contributed by atoms with Crippen LogP contribution in [0.4, 0.5) is 5.69 Å². The lowest BCUT2D eigenvalue weighted by molar-refractivity contribution is -0.120. The van der Waals surface area contributed by atoms with Gasteiger partial charge >= 0.3 is 0 Å². The molecule has 0 spiro atoms. The maximum atomic E-state index is 11.5. The number of carbonyl (C=O) groups excluding carboxylic acids is 2. The van der Waals surface area contributed by atoms with Crippen LogP contribution in [0.15, 0.2) is 30.4 Å². The van der Waals surface area contributed by atoms with Crippen LogP contribution in [0.5, 0.6) is 5.75 Å². The Morgan fingerprint density at radius 2 is 1.88 bits per heavy atom. The molecule has 0 bridgehead atoms. The van der Waals surface area contributed by atoms with E-state index in [1.807, 2.05) is 12.1 Å². The highest BCUT2D eigenvalue weighted by Gasteiger charge is 2.29. The predicted octanol–water partition coefficient (Wildman–Crippen LogP) is 1.05. The van der Waals surface area contributed by atoms with Gasteiger partial charge in [0.05, 0.1) is 12.3 Å². The van der Waals surface area contributed by atoms with Crippen molar-refractivity contribution >= 4 is 17.5 Å². The molecule has 0 aromatic heterocycles. The molecule has 0 aliphatic carbocycles. The van der Waals surface area contributed by atoms with E-state index in [9.17, 15) is 9.59 Å². The fourth-order valence-electron chi connectivity index (χ4n) is 2.01. The minimum atomic E-state index is -0.311. The van der Waals surface area contributed by atoms with Crippen LogP contribution in [0.3, 0.4) is 0 Å². The molecule has 0 N–H and O–H groups in total. The zero-order valence-corrected chi connectivity index (χ0v) is 8.47. The fourth-order valence-corrected chi connectivity index (χ4v) is 2.01. The van der Waals surface area contributed by atoms with E-state index in [2.05, 4.69) is 0 Å². The topological polar surface area (TPSA) is 46.6 Å². The number of para-hydroxylation sites is 1. The lowest BCUT2D eigenvalue weighted by Crippen LogP contribution is -2.29. The van der Waals surface area contributed by atoms with Crippen LogP contribution in [-0.2, 0) is 16.0 Å². The molecule has 0 unspecified atom stereocenters. The summed E-state index contributed by atoms with van der Waals surface area (Å²) in [6.45, 7) is 0.607. The molecule has 1 aromatic carbocycles. The summed E-state index contributed by atoms with van der Waals surface area (Å²) >= 11 is 0. The zero-order chi connectivity index (χ0) is 11.1. The molecular formula is C12H9NO3. The molecule has 16 heavy (non-hydrogen) atoms. The smallest absolute Gasteiger partial charge is 0.258 e. The first-order chi connectivity index (χ1) is 7.77. The Bertz CT molecular complexity index is 501. The molecule has 0 saturated heterocycles. The van der Waals surface area contributed by atoms with Crippen molar-refractivity contribution in [2.45, 2.75) is 6.42 Å². The van der Waals surface area contributed by atoms with E-state index in [-0.39, 0.29) is 11.8 Å². The summed E-state index contributed by atoms with van der Waals surface area (Å²) in [5.74, 6) is 0.0377. The lowest BCUT2D eigenvalue weighted by atomic mass is 10.1. The van der Waals surface area contributed by atoms with Crippen molar-refractivity contribution in [3.05, 3.63) is 35.9 Å². The molecule has 4 nitrogen and oxygen atoms in total. The van der Waals surface area contributed by atoms with Gasteiger partial charge in [-0.3, -0.25) is 9.59 Å². The average molecular weight is 215 g/mol. The molecule has 2 amide bonds. The number of carbonyl (C=O) groups is 2. The third-order valence-electron chi connectivity index (χ3n) is 2.74. The van der Waals surface area contributed by atoms with Crippen LogP contribution in [0, 0.1) is 0 Å². The SMILES string of the molecule is O=C1C=CC(=O)N1c1cccc2c1OCC2. The standard InChI is InChI=1S/C12H9NO3/c14-10-4-5-11(15)13(10)9-3-1-2-8-6-7-16-12(8)9/h1-5H,6-7H2. The minimum absolute atomic E-state index is 0.311. The van der Waals surface area contributed by atoms with E-state index >= 15 is 0 Å².